The number of nitrogens with one attached hydrogen (secondary N) is 2. The van der Waals surface area contributed by atoms with Gasteiger partial charge in [-0.25, -0.2) is 0 Å². The number of nitro benzene ring substituents is 1. The lowest BCUT2D eigenvalue weighted by Crippen LogP contribution is -2.12. The van der Waals surface area contributed by atoms with E-state index in [0.29, 0.717) is 17.9 Å². The first-order valence-electron chi connectivity index (χ1n) is 8.04. The number of rotatable bonds is 6. The number of hydrogen-bond acceptors (Lipinski definition) is 6. The Kier molecular flexibility index (Phi) is 5.27. The van der Waals surface area contributed by atoms with E-state index in [1.165, 1.54) is 30.3 Å². The molecule has 2 aromatic carbocycles. The molecule has 1 aromatic heterocycles. The third-order valence-corrected chi connectivity index (χ3v) is 3.77. The van der Waals surface area contributed by atoms with Crippen molar-refractivity contribution in [3.63, 3.8) is 0 Å². The Hall–Kier alpha value is -3.94. The Bertz CT molecular complexity index is 976. The van der Waals surface area contributed by atoms with Crippen molar-refractivity contribution >= 4 is 23.0 Å². The fourth-order valence-electron chi connectivity index (χ4n) is 2.46. The molecule has 1 heterocycles. The van der Waals surface area contributed by atoms with Gasteiger partial charge in [0.25, 0.3) is 11.6 Å². The predicted molar refractivity (Wildman–Crippen MR) is 101 cm³/mol. The maximum atomic E-state index is 12.3. The van der Waals surface area contributed by atoms with Gasteiger partial charge in [0.2, 0.25) is 0 Å². The molecule has 0 radical (unpaired) electrons. The SMILES string of the molecule is O=C(Nc1cccc(O)c1)c1ccc(NCc2cccnc2)c([N+](=O)[O-])c1. The number of hydrogen-bond donors (Lipinski definition) is 3. The second-order valence-electron chi connectivity index (χ2n) is 5.71. The number of aromatic nitrogens is 1. The zero-order valence-corrected chi connectivity index (χ0v) is 14.1. The fourth-order valence-corrected chi connectivity index (χ4v) is 2.46. The molecule has 1 amide bonds. The summed E-state index contributed by atoms with van der Waals surface area (Å²) >= 11 is 0. The van der Waals surface area contributed by atoms with Crippen molar-refractivity contribution in [3.05, 3.63) is 88.2 Å². The van der Waals surface area contributed by atoms with Crippen LogP contribution in [0.3, 0.4) is 0 Å². The van der Waals surface area contributed by atoms with Gasteiger partial charge in [0.1, 0.15) is 11.4 Å². The summed E-state index contributed by atoms with van der Waals surface area (Å²) in [5.74, 6) is -0.503. The van der Waals surface area contributed by atoms with Gasteiger partial charge in [-0.1, -0.05) is 12.1 Å². The summed E-state index contributed by atoms with van der Waals surface area (Å²) in [5.41, 5.74) is 1.50. The van der Waals surface area contributed by atoms with E-state index in [1.807, 2.05) is 6.07 Å². The molecule has 0 aliphatic carbocycles. The summed E-state index contributed by atoms with van der Waals surface area (Å²) in [4.78, 5) is 27.2. The van der Waals surface area contributed by atoms with Gasteiger partial charge in [-0.05, 0) is 35.9 Å². The number of nitrogens with zero attached hydrogens (tertiary/aromatic N) is 2. The van der Waals surface area contributed by atoms with Gasteiger partial charge in [-0.15, -0.1) is 0 Å². The van der Waals surface area contributed by atoms with Crippen molar-refractivity contribution < 1.29 is 14.8 Å². The minimum Gasteiger partial charge on any atom is -0.508 e. The molecule has 0 fully saturated rings. The average Bonchev–Trinajstić information content (AvgIpc) is 2.67. The standard InChI is InChI=1S/C19H16N4O4/c24-16-5-1-4-15(10-16)22-19(25)14-6-7-17(18(9-14)23(26)27)21-12-13-3-2-8-20-11-13/h1-11,21,24H,12H2,(H,22,25). The minimum atomic E-state index is -0.545. The number of phenols is 1. The molecule has 0 saturated heterocycles. The molecule has 8 nitrogen and oxygen atoms in total. The van der Waals surface area contributed by atoms with E-state index in [1.54, 1.807) is 30.6 Å². The van der Waals surface area contributed by atoms with Gasteiger partial charge in [0, 0.05) is 42.3 Å². The molecule has 0 unspecified atom stereocenters. The number of phenolic OH excluding ortho intramolecular Hbond substituents is 1. The van der Waals surface area contributed by atoms with Crippen molar-refractivity contribution in [1.29, 1.82) is 0 Å². The van der Waals surface area contributed by atoms with Crippen LogP contribution >= 0.6 is 0 Å². The number of benzene rings is 2. The number of pyridine rings is 1. The highest BCUT2D eigenvalue weighted by molar-refractivity contribution is 6.05. The Morgan fingerprint density at radius 3 is 2.70 bits per heavy atom. The Balaban J connectivity index is 1.78. The van der Waals surface area contributed by atoms with E-state index in [2.05, 4.69) is 15.6 Å². The van der Waals surface area contributed by atoms with Gasteiger partial charge in [-0.3, -0.25) is 19.9 Å². The average molecular weight is 364 g/mol. The maximum absolute atomic E-state index is 12.3. The molecule has 8 heteroatoms. The number of aromatic hydroxyl groups is 1. The molecule has 0 bridgehead atoms. The summed E-state index contributed by atoms with van der Waals surface area (Å²) in [6.45, 7) is 0.365. The lowest BCUT2D eigenvalue weighted by molar-refractivity contribution is -0.384. The van der Waals surface area contributed by atoms with Gasteiger partial charge in [0.15, 0.2) is 0 Å². The van der Waals surface area contributed by atoms with E-state index < -0.39 is 10.8 Å². The molecule has 0 spiro atoms. The number of carbonyl (C=O) groups is 1. The molecule has 3 aromatic rings. The van der Waals surface area contributed by atoms with Crippen LogP contribution in [-0.4, -0.2) is 20.9 Å². The lowest BCUT2D eigenvalue weighted by Gasteiger charge is -2.09. The second-order valence-corrected chi connectivity index (χ2v) is 5.71. The highest BCUT2D eigenvalue weighted by atomic mass is 16.6. The first-order valence-corrected chi connectivity index (χ1v) is 8.04. The van der Waals surface area contributed by atoms with Crippen LogP contribution < -0.4 is 10.6 Å². The highest BCUT2D eigenvalue weighted by Gasteiger charge is 2.18. The predicted octanol–water partition coefficient (Wildman–Crippen LogP) is 3.56. The normalized spacial score (nSPS) is 10.2. The topological polar surface area (TPSA) is 117 Å². The van der Waals surface area contributed by atoms with E-state index in [4.69, 9.17) is 0 Å². The monoisotopic (exact) mass is 364 g/mol. The first-order chi connectivity index (χ1) is 13.0. The summed E-state index contributed by atoms with van der Waals surface area (Å²) in [6.07, 6.45) is 3.31. The molecule has 3 N–H and O–H groups in total. The van der Waals surface area contributed by atoms with Crippen molar-refractivity contribution in [3.8, 4) is 5.75 Å². The highest BCUT2D eigenvalue weighted by Crippen LogP contribution is 2.27. The van der Waals surface area contributed by atoms with Crippen molar-refractivity contribution in [2.45, 2.75) is 6.54 Å². The lowest BCUT2D eigenvalue weighted by atomic mass is 10.1. The molecule has 0 atom stereocenters. The van der Waals surface area contributed by atoms with Crippen LogP contribution in [0.2, 0.25) is 0 Å². The Morgan fingerprint density at radius 2 is 2.00 bits per heavy atom. The van der Waals surface area contributed by atoms with Crippen LogP contribution in [0.1, 0.15) is 15.9 Å². The fraction of sp³-hybridized carbons (Fsp3) is 0.0526. The molecule has 0 aliphatic heterocycles. The summed E-state index contributed by atoms with van der Waals surface area (Å²) in [6, 6.07) is 13.9. The van der Waals surface area contributed by atoms with E-state index in [9.17, 15) is 20.0 Å². The molecule has 136 valence electrons. The first kappa shape index (κ1) is 17.9. The number of anilines is 2. The molecule has 27 heavy (non-hydrogen) atoms. The summed E-state index contributed by atoms with van der Waals surface area (Å²) < 4.78 is 0. The summed E-state index contributed by atoms with van der Waals surface area (Å²) in [7, 11) is 0. The van der Waals surface area contributed by atoms with E-state index in [0.717, 1.165) is 5.56 Å². The van der Waals surface area contributed by atoms with Crippen molar-refractivity contribution in [2.24, 2.45) is 0 Å². The molecule has 0 aliphatic rings. The maximum Gasteiger partial charge on any atom is 0.293 e. The largest absolute Gasteiger partial charge is 0.508 e. The Morgan fingerprint density at radius 1 is 1.15 bits per heavy atom. The van der Waals surface area contributed by atoms with Crippen LogP contribution in [0, 0.1) is 10.1 Å². The zero-order chi connectivity index (χ0) is 19.2. The van der Waals surface area contributed by atoms with E-state index >= 15 is 0 Å². The van der Waals surface area contributed by atoms with Crippen LogP contribution in [0.15, 0.2) is 67.0 Å². The zero-order valence-electron chi connectivity index (χ0n) is 14.1. The molecule has 0 saturated carbocycles. The van der Waals surface area contributed by atoms with Crippen molar-refractivity contribution in [1.82, 2.24) is 4.98 Å². The van der Waals surface area contributed by atoms with Gasteiger partial charge in [-0.2, -0.15) is 0 Å². The third-order valence-electron chi connectivity index (χ3n) is 3.77. The number of nitro groups is 1. The molecular weight excluding hydrogens is 348 g/mol. The van der Waals surface area contributed by atoms with Gasteiger partial charge >= 0.3 is 0 Å². The van der Waals surface area contributed by atoms with Gasteiger partial charge in [0.05, 0.1) is 4.92 Å². The quantitative estimate of drug-likeness (QED) is 0.455. The van der Waals surface area contributed by atoms with Gasteiger partial charge < -0.3 is 15.7 Å². The molecular formula is C19H16N4O4. The number of amides is 1. The van der Waals surface area contributed by atoms with Crippen LogP contribution in [-0.2, 0) is 6.54 Å². The Labute approximate surface area is 154 Å². The third kappa shape index (κ3) is 4.57. The van der Waals surface area contributed by atoms with Crippen LogP contribution in [0.4, 0.5) is 17.1 Å². The summed E-state index contributed by atoms with van der Waals surface area (Å²) in [5, 5.41) is 26.4. The molecule has 3 rings (SSSR count). The van der Waals surface area contributed by atoms with Crippen molar-refractivity contribution in [2.75, 3.05) is 10.6 Å². The van der Waals surface area contributed by atoms with Crippen LogP contribution in [0.25, 0.3) is 0 Å². The second kappa shape index (κ2) is 7.96. The van der Waals surface area contributed by atoms with E-state index in [-0.39, 0.29) is 17.0 Å². The number of carbonyl (C=O) groups excluding carboxylic acids is 1. The smallest absolute Gasteiger partial charge is 0.293 e. The van der Waals surface area contributed by atoms with Crippen LogP contribution in [0.5, 0.6) is 5.75 Å². The minimum absolute atomic E-state index is 0.00808.